The summed E-state index contributed by atoms with van der Waals surface area (Å²) in [5.74, 6) is -2.26. The van der Waals surface area contributed by atoms with E-state index in [1.807, 2.05) is 12.1 Å². The lowest BCUT2D eigenvalue weighted by atomic mass is 10.1. The third-order valence-corrected chi connectivity index (χ3v) is 3.90. The second-order valence-corrected chi connectivity index (χ2v) is 5.55. The number of carbonyl (C=O) groups excluding carboxylic acids is 1. The molecule has 0 radical (unpaired) electrons. The van der Waals surface area contributed by atoms with E-state index in [0.29, 0.717) is 5.69 Å². The Hall–Kier alpha value is -2.86. The number of aromatic nitrogens is 1. The minimum absolute atomic E-state index is 0.0612. The van der Waals surface area contributed by atoms with E-state index in [9.17, 15) is 13.6 Å². The number of anilines is 1. The molecule has 3 rings (SSSR count). The molecule has 0 bridgehead atoms. The van der Waals surface area contributed by atoms with Crippen molar-refractivity contribution in [2.45, 2.75) is 0 Å². The third kappa shape index (κ3) is 3.34. The lowest BCUT2D eigenvalue weighted by molar-refractivity contribution is 0.102. The summed E-state index contributed by atoms with van der Waals surface area (Å²) in [6.07, 6.45) is 3.57. The number of amides is 1. The Morgan fingerprint density at radius 2 is 1.76 bits per heavy atom. The smallest absolute Gasteiger partial charge is 0.259 e. The summed E-state index contributed by atoms with van der Waals surface area (Å²) in [5, 5.41) is 2.50. The van der Waals surface area contributed by atoms with Crippen molar-refractivity contribution >= 4 is 23.2 Å². The van der Waals surface area contributed by atoms with Crippen molar-refractivity contribution in [2.75, 3.05) is 12.4 Å². The van der Waals surface area contributed by atoms with Gasteiger partial charge in [0, 0.05) is 18.5 Å². The first kappa shape index (κ1) is 17.0. The fourth-order valence-electron chi connectivity index (χ4n) is 2.38. The molecule has 1 N–H and O–H groups in total. The average molecular weight is 363 g/mol. The summed E-state index contributed by atoms with van der Waals surface area (Å²) in [7, 11) is 1.39. The van der Waals surface area contributed by atoms with Gasteiger partial charge in [0.15, 0.2) is 0 Å². The van der Waals surface area contributed by atoms with E-state index in [0.717, 1.165) is 12.1 Å². The molecule has 0 fully saturated rings. The highest BCUT2D eigenvalue weighted by molar-refractivity contribution is 6.33. The number of hydrogen-bond acceptors (Lipinski definition) is 2. The van der Waals surface area contributed by atoms with Crippen molar-refractivity contribution in [1.82, 2.24) is 4.57 Å². The Balaban J connectivity index is 1.99. The molecule has 0 saturated carbocycles. The summed E-state index contributed by atoms with van der Waals surface area (Å²) < 4.78 is 34.4. The SMILES string of the molecule is COc1cc(-n2cccc2)c(Cl)cc1C(=O)Nc1c(F)cccc1F. The molecule has 0 spiro atoms. The normalized spacial score (nSPS) is 10.6. The van der Waals surface area contributed by atoms with Crippen LogP contribution in [-0.2, 0) is 0 Å². The summed E-state index contributed by atoms with van der Waals surface area (Å²) in [5.41, 5.74) is 0.142. The monoisotopic (exact) mass is 362 g/mol. The number of nitrogens with zero attached hydrogens (tertiary/aromatic N) is 1. The molecule has 1 aromatic heterocycles. The second kappa shape index (κ2) is 6.94. The van der Waals surface area contributed by atoms with Crippen LogP contribution in [0.25, 0.3) is 5.69 Å². The zero-order chi connectivity index (χ0) is 18.0. The van der Waals surface area contributed by atoms with Crippen molar-refractivity contribution in [3.8, 4) is 11.4 Å². The van der Waals surface area contributed by atoms with Crippen LogP contribution >= 0.6 is 11.6 Å². The zero-order valence-electron chi connectivity index (χ0n) is 13.1. The fraction of sp³-hybridized carbons (Fsp3) is 0.0556. The number of ether oxygens (including phenoxy) is 1. The Labute approximate surface area is 147 Å². The van der Waals surface area contributed by atoms with Crippen LogP contribution < -0.4 is 10.1 Å². The Bertz CT molecular complexity index is 907. The van der Waals surface area contributed by atoms with Crippen LogP contribution in [0.15, 0.2) is 54.9 Å². The summed E-state index contributed by atoms with van der Waals surface area (Å²) in [6, 6.07) is 9.94. The first-order valence-electron chi connectivity index (χ1n) is 7.27. The molecule has 4 nitrogen and oxygen atoms in total. The van der Waals surface area contributed by atoms with Crippen LogP contribution in [0, 0.1) is 11.6 Å². The number of carbonyl (C=O) groups is 1. The maximum absolute atomic E-state index is 13.7. The number of nitrogens with one attached hydrogen (secondary N) is 1. The quantitative estimate of drug-likeness (QED) is 0.733. The number of methoxy groups -OCH3 is 1. The maximum Gasteiger partial charge on any atom is 0.259 e. The van der Waals surface area contributed by atoms with E-state index in [2.05, 4.69) is 5.32 Å². The van der Waals surface area contributed by atoms with E-state index >= 15 is 0 Å². The van der Waals surface area contributed by atoms with Gasteiger partial charge in [-0.3, -0.25) is 4.79 Å². The van der Waals surface area contributed by atoms with Crippen molar-refractivity contribution < 1.29 is 18.3 Å². The van der Waals surface area contributed by atoms with Gasteiger partial charge in [-0.05, 0) is 30.3 Å². The van der Waals surface area contributed by atoms with E-state index < -0.39 is 23.2 Å². The van der Waals surface area contributed by atoms with Crippen molar-refractivity contribution in [1.29, 1.82) is 0 Å². The van der Waals surface area contributed by atoms with E-state index in [1.165, 1.54) is 19.2 Å². The molecule has 7 heteroatoms. The Kier molecular flexibility index (Phi) is 4.72. The van der Waals surface area contributed by atoms with Gasteiger partial charge in [-0.1, -0.05) is 17.7 Å². The molecule has 1 amide bonds. The van der Waals surface area contributed by atoms with Gasteiger partial charge in [-0.15, -0.1) is 0 Å². The van der Waals surface area contributed by atoms with Gasteiger partial charge in [-0.2, -0.15) is 0 Å². The molecule has 1 heterocycles. The van der Waals surface area contributed by atoms with Crippen LogP contribution in [0.5, 0.6) is 5.75 Å². The van der Waals surface area contributed by atoms with E-state index in [1.54, 1.807) is 23.0 Å². The third-order valence-electron chi connectivity index (χ3n) is 3.60. The molecule has 0 aliphatic heterocycles. The minimum atomic E-state index is -0.873. The first-order valence-corrected chi connectivity index (χ1v) is 7.65. The standard InChI is InChI=1S/C18H13ClF2N2O2/c1-25-16-10-15(23-7-2-3-8-23)12(19)9-11(16)18(24)22-17-13(20)5-4-6-14(17)21/h2-10H,1H3,(H,22,24). The first-order chi connectivity index (χ1) is 12.0. The van der Waals surface area contributed by atoms with Crippen LogP contribution in [0.3, 0.4) is 0 Å². The average Bonchev–Trinajstić information content (AvgIpc) is 3.12. The van der Waals surface area contributed by atoms with Crippen molar-refractivity contribution in [3.05, 3.63) is 77.1 Å². The van der Waals surface area contributed by atoms with Gasteiger partial charge in [-0.25, -0.2) is 8.78 Å². The highest BCUT2D eigenvalue weighted by Gasteiger charge is 2.19. The molecular formula is C18H13ClF2N2O2. The fourth-order valence-corrected chi connectivity index (χ4v) is 2.64. The van der Waals surface area contributed by atoms with Gasteiger partial charge < -0.3 is 14.6 Å². The lowest BCUT2D eigenvalue weighted by Crippen LogP contribution is -2.16. The van der Waals surface area contributed by atoms with Gasteiger partial charge in [0.2, 0.25) is 0 Å². The number of benzene rings is 2. The molecule has 0 saturated heterocycles. The topological polar surface area (TPSA) is 43.3 Å². The molecule has 25 heavy (non-hydrogen) atoms. The van der Waals surface area contributed by atoms with Crippen LogP contribution in [-0.4, -0.2) is 17.6 Å². The summed E-state index contributed by atoms with van der Waals surface area (Å²) in [6.45, 7) is 0. The summed E-state index contributed by atoms with van der Waals surface area (Å²) in [4.78, 5) is 12.5. The molecule has 3 aromatic rings. The van der Waals surface area contributed by atoms with Crippen molar-refractivity contribution in [2.24, 2.45) is 0 Å². The van der Waals surface area contributed by atoms with Crippen LogP contribution in [0.1, 0.15) is 10.4 Å². The largest absolute Gasteiger partial charge is 0.496 e. The van der Waals surface area contributed by atoms with Crippen LogP contribution in [0.4, 0.5) is 14.5 Å². The molecule has 0 unspecified atom stereocenters. The van der Waals surface area contributed by atoms with E-state index in [4.69, 9.17) is 16.3 Å². The second-order valence-electron chi connectivity index (χ2n) is 5.14. The molecule has 128 valence electrons. The lowest BCUT2D eigenvalue weighted by Gasteiger charge is -2.14. The minimum Gasteiger partial charge on any atom is -0.496 e. The molecule has 0 aliphatic carbocycles. The van der Waals surface area contributed by atoms with Gasteiger partial charge in [0.1, 0.15) is 23.1 Å². The van der Waals surface area contributed by atoms with Crippen LogP contribution in [0.2, 0.25) is 5.02 Å². The van der Waals surface area contributed by atoms with Crippen molar-refractivity contribution in [3.63, 3.8) is 0 Å². The van der Waals surface area contributed by atoms with Gasteiger partial charge >= 0.3 is 0 Å². The van der Waals surface area contributed by atoms with E-state index in [-0.39, 0.29) is 16.3 Å². The predicted molar refractivity (Wildman–Crippen MR) is 91.6 cm³/mol. The molecule has 0 aliphatic rings. The Morgan fingerprint density at radius 1 is 1.12 bits per heavy atom. The number of para-hydroxylation sites is 1. The Morgan fingerprint density at radius 3 is 2.36 bits per heavy atom. The number of halogens is 3. The predicted octanol–water partition coefficient (Wildman–Crippen LogP) is 4.67. The zero-order valence-corrected chi connectivity index (χ0v) is 13.8. The highest BCUT2D eigenvalue weighted by Crippen LogP contribution is 2.31. The number of rotatable bonds is 4. The molecule has 0 atom stereocenters. The van der Waals surface area contributed by atoms with Gasteiger partial charge in [0.05, 0.1) is 23.4 Å². The molecule has 2 aromatic carbocycles. The highest BCUT2D eigenvalue weighted by atomic mass is 35.5. The maximum atomic E-state index is 13.7. The van der Waals surface area contributed by atoms with Gasteiger partial charge in [0.25, 0.3) is 5.91 Å². The number of hydrogen-bond donors (Lipinski definition) is 1. The summed E-state index contributed by atoms with van der Waals surface area (Å²) >= 11 is 6.25. The molecular weight excluding hydrogens is 350 g/mol.